The van der Waals surface area contributed by atoms with Gasteiger partial charge in [0.25, 0.3) is 0 Å². The van der Waals surface area contributed by atoms with Gasteiger partial charge in [0.05, 0.1) is 16.9 Å². The quantitative estimate of drug-likeness (QED) is 0.673. The number of anilines is 4. The van der Waals surface area contributed by atoms with E-state index in [0.717, 1.165) is 10.2 Å². The predicted octanol–water partition coefficient (Wildman–Crippen LogP) is 4.91. The zero-order valence-electron chi connectivity index (χ0n) is 12.9. The average molecular weight is 380 g/mol. The van der Waals surface area contributed by atoms with Crippen molar-refractivity contribution in [2.75, 3.05) is 10.6 Å². The minimum Gasteiger partial charge on any atom is -0.339 e. The number of hydrogen-bond acceptors (Lipinski definition) is 5. The van der Waals surface area contributed by atoms with E-state index >= 15 is 0 Å². The normalized spacial score (nSPS) is 10.0. The lowest BCUT2D eigenvalue weighted by Crippen LogP contribution is -2.02. The minimum absolute atomic E-state index is 0.564. The molecule has 1 aromatic heterocycles. The van der Waals surface area contributed by atoms with E-state index in [1.807, 2.05) is 49.4 Å². The summed E-state index contributed by atoms with van der Waals surface area (Å²) in [4.78, 5) is 8.79. The highest BCUT2D eigenvalue weighted by Crippen LogP contribution is 2.26. The maximum atomic E-state index is 9.19. The fourth-order valence-corrected chi connectivity index (χ4v) is 2.61. The lowest BCUT2D eigenvalue weighted by Gasteiger charge is -2.12. The van der Waals surface area contributed by atoms with Crippen molar-refractivity contribution in [3.05, 3.63) is 70.5 Å². The van der Waals surface area contributed by atoms with Gasteiger partial charge in [0.15, 0.2) is 0 Å². The smallest absolute Gasteiger partial charge is 0.136 e. The number of halogens is 1. The summed E-state index contributed by atoms with van der Waals surface area (Å²) in [7, 11) is 0. The van der Waals surface area contributed by atoms with Gasteiger partial charge in [0.2, 0.25) is 0 Å². The largest absolute Gasteiger partial charge is 0.339 e. The second kappa shape index (κ2) is 7.11. The molecule has 0 amide bonds. The van der Waals surface area contributed by atoms with Gasteiger partial charge in [0, 0.05) is 10.5 Å². The molecule has 0 aliphatic rings. The third kappa shape index (κ3) is 3.70. The van der Waals surface area contributed by atoms with Crippen molar-refractivity contribution in [2.24, 2.45) is 0 Å². The first kappa shape index (κ1) is 16.0. The molecule has 2 aromatic carbocycles. The molecular weight excluding hydrogens is 366 g/mol. The van der Waals surface area contributed by atoms with E-state index in [0.29, 0.717) is 28.7 Å². The monoisotopic (exact) mass is 379 g/mol. The van der Waals surface area contributed by atoms with Crippen LogP contribution in [0.4, 0.5) is 23.0 Å². The zero-order chi connectivity index (χ0) is 16.9. The predicted molar refractivity (Wildman–Crippen MR) is 98.6 cm³/mol. The second-order valence-electron chi connectivity index (χ2n) is 5.07. The third-order valence-corrected chi connectivity index (χ3v) is 3.98. The van der Waals surface area contributed by atoms with Gasteiger partial charge in [-0.1, -0.05) is 24.3 Å². The maximum absolute atomic E-state index is 9.19. The lowest BCUT2D eigenvalue weighted by atomic mass is 10.2. The number of rotatable bonds is 4. The molecule has 6 heteroatoms. The van der Waals surface area contributed by atoms with Gasteiger partial charge in [-0.2, -0.15) is 5.26 Å². The Morgan fingerprint density at radius 1 is 0.917 bits per heavy atom. The first-order chi connectivity index (χ1) is 11.7. The Hall–Kier alpha value is -2.91. The molecule has 0 atom stereocenters. The zero-order valence-corrected chi connectivity index (χ0v) is 14.5. The van der Waals surface area contributed by atoms with E-state index in [2.05, 4.69) is 42.6 Å². The Labute approximate surface area is 148 Å². The van der Waals surface area contributed by atoms with Crippen molar-refractivity contribution in [1.29, 1.82) is 5.26 Å². The van der Waals surface area contributed by atoms with Gasteiger partial charge in [-0.25, -0.2) is 9.97 Å². The van der Waals surface area contributed by atoms with Crippen molar-refractivity contribution >= 4 is 38.9 Å². The van der Waals surface area contributed by atoms with Gasteiger partial charge in [-0.05, 0) is 47.1 Å². The summed E-state index contributed by atoms with van der Waals surface area (Å²) in [5.41, 5.74) is 2.19. The van der Waals surface area contributed by atoms with Crippen LogP contribution in [0.5, 0.6) is 0 Å². The Balaban J connectivity index is 1.89. The summed E-state index contributed by atoms with van der Waals surface area (Å²) in [6.07, 6.45) is 0. The topological polar surface area (TPSA) is 73.6 Å². The molecule has 1 heterocycles. The molecule has 0 bridgehead atoms. The molecule has 2 N–H and O–H groups in total. The number of para-hydroxylation sites is 2. The van der Waals surface area contributed by atoms with Crippen LogP contribution in [0, 0.1) is 18.3 Å². The molecule has 0 saturated carbocycles. The maximum Gasteiger partial charge on any atom is 0.136 e. The first-order valence-corrected chi connectivity index (χ1v) is 8.08. The fourth-order valence-electron chi connectivity index (χ4n) is 2.22. The van der Waals surface area contributed by atoms with Crippen LogP contribution < -0.4 is 10.6 Å². The molecule has 0 fully saturated rings. The average Bonchev–Trinajstić information content (AvgIpc) is 2.57. The van der Waals surface area contributed by atoms with Crippen LogP contribution in [0.25, 0.3) is 0 Å². The van der Waals surface area contributed by atoms with E-state index in [9.17, 15) is 5.26 Å². The number of nitrogens with one attached hydrogen (secondary N) is 2. The SMILES string of the molecule is Cc1nc(Nc2ccccc2Br)cc(Nc2ccccc2C#N)n1. The number of benzene rings is 2. The van der Waals surface area contributed by atoms with Crippen molar-refractivity contribution in [3.63, 3.8) is 0 Å². The van der Waals surface area contributed by atoms with Gasteiger partial charge in [-0.3, -0.25) is 0 Å². The second-order valence-corrected chi connectivity index (χ2v) is 5.93. The number of aromatic nitrogens is 2. The highest BCUT2D eigenvalue weighted by molar-refractivity contribution is 9.10. The lowest BCUT2D eigenvalue weighted by molar-refractivity contribution is 1.06. The molecule has 0 saturated heterocycles. The van der Waals surface area contributed by atoms with Crippen LogP contribution >= 0.6 is 15.9 Å². The molecule has 5 nitrogen and oxygen atoms in total. The number of aryl methyl sites for hydroxylation is 1. The van der Waals surface area contributed by atoms with E-state index in [1.165, 1.54) is 0 Å². The third-order valence-electron chi connectivity index (χ3n) is 3.28. The van der Waals surface area contributed by atoms with E-state index in [4.69, 9.17) is 0 Å². The van der Waals surface area contributed by atoms with Crippen LogP contribution in [-0.2, 0) is 0 Å². The van der Waals surface area contributed by atoms with Crippen LogP contribution in [0.15, 0.2) is 59.1 Å². The van der Waals surface area contributed by atoms with Crippen LogP contribution in [0.2, 0.25) is 0 Å². The molecular formula is C18H14BrN5. The summed E-state index contributed by atoms with van der Waals surface area (Å²) in [6.45, 7) is 1.83. The summed E-state index contributed by atoms with van der Waals surface area (Å²) in [5.74, 6) is 1.93. The van der Waals surface area contributed by atoms with Gasteiger partial charge >= 0.3 is 0 Å². The number of nitriles is 1. The van der Waals surface area contributed by atoms with Crippen LogP contribution in [0.3, 0.4) is 0 Å². The van der Waals surface area contributed by atoms with Crippen molar-refractivity contribution in [3.8, 4) is 6.07 Å². The minimum atomic E-state index is 0.564. The number of nitrogens with zero attached hydrogens (tertiary/aromatic N) is 3. The van der Waals surface area contributed by atoms with Gasteiger partial charge in [0.1, 0.15) is 23.5 Å². The first-order valence-electron chi connectivity index (χ1n) is 7.29. The number of hydrogen-bond donors (Lipinski definition) is 2. The fraction of sp³-hybridized carbons (Fsp3) is 0.0556. The van der Waals surface area contributed by atoms with Crippen LogP contribution in [-0.4, -0.2) is 9.97 Å². The van der Waals surface area contributed by atoms with E-state index < -0.39 is 0 Å². The highest BCUT2D eigenvalue weighted by atomic mass is 79.9. The summed E-state index contributed by atoms with van der Waals surface area (Å²) >= 11 is 3.51. The summed E-state index contributed by atoms with van der Waals surface area (Å²) in [5, 5.41) is 15.6. The highest BCUT2D eigenvalue weighted by Gasteiger charge is 2.07. The molecule has 3 aromatic rings. The molecule has 24 heavy (non-hydrogen) atoms. The van der Waals surface area contributed by atoms with Crippen molar-refractivity contribution < 1.29 is 0 Å². The molecule has 0 unspecified atom stereocenters. The standard InChI is InChI=1S/C18H14BrN5/c1-12-21-17(23-15-8-4-2-6-13(15)11-20)10-18(22-12)24-16-9-5-3-7-14(16)19/h2-10H,1H3,(H2,21,22,23,24). The van der Waals surface area contributed by atoms with E-state index in [-0.39, 0.29) is 0 Å². The molecule has 3 rings (SSSR count). The van der Waals surface area contributed by atoms with E-state index in [1.54, 1.807) is 12.1 Å². The Morgan fingerprint density at radius 3 is 2.17 bits per heavy atom. The molecule has 0 aliphatic carbocycles. The molecule has 0 spiro atoms. The van der Waals surface area contributed by atoms with Gasteiger partial charge in [-0.15, -0.1) is 0 Å². The Morgan fingerprint density at radius 2 is 1.50 bits per heavy atom. The molecule has 0 radical (unpaired) electrons. The Bertz CT molecular complexity index is 917. The summed E-state index contributed by atoms with van der Waals surface area (Å²) in [6, 6.07) is 19.1. The molecule has 0 aliphatic heterocycles. The van der Waals surface area contributed by atoms with Crippen LogP contribution in [0.1, 0.15) is 11.4 Å². The summed E-state index contributed by atoms with van der Waals surface area (Å²) < 4.78 is 0.950. The van der Waals surface area contributed by atoms with Crippen molar-refractivity contribution in [1.82, 2.24) is 9.97 Å². The molecule has 118 valence electrons. The van der Waals surface area contributed by atoms with Crippen molar-refractivity contribution in [2.45, 2.75) is 6.92 Å². The van der Waals surface area contributed by atoms with Gasteiger partial charge < -0.3 is 10.6 Å². The Kier molecular flexibility index (Phi) is 4.73.